The van der Waals surface area contributed by atoms with Crippen LogP contribution in [0.15, 0.2) is 12.2 Å². The highest BCUT2D eigenvalue weighted by atomic mass is 15.5. The minimum Gasteiger partial charge on any atom is -0.257 e. The molecule has 1 N–H and O–H groups in total. The molecule has 2 fully saturated rings. The van der Waals surface area contributed by atoms with E-state index in [1.54, 1.807) is 0 Å². The van der Waals surface area contributed by atoms with Gasteiger partial charge in [0.15, 0.2) is 0 Å². The van der Waals surface area contributed by atoms with Crippen molar-refractivity contribution in [1.82, 2.24) is 10.4 Å². The second kappa shape index (κ2) is 4.26. The number of hydrogen-bond acceptors (Lipinski definition) is 2. The van der Waals surface area contributed by atoms with Gasteiger partial charge in [-0.25, -0.2) is 5.01 Å². The van der Waals surface area contributed by atoms with Crippen molar-refractivity contribution in [3.63, 3.8) is 0 Å². The fourth-order valence-electron chi connectivity index (χ4n) is 3.43. The fraction of sp³-hybridized carbons (Fsp3) is 0.846. The highest BCUT2D eigenvalue weighted by Crippen LogP contribution is 2.42. The number of fused-ring (bicyclic) bond motifs is 1. The van der Waals surface area contributed by atoms with Crippen LogP contribution < -0.4 is 5.43 Å². The van der Waals surface area contributed by atoms with Crippen molar-refractivity contribution < 1.29 is 0 Å². The van der Waals surface area contributed by atoms with E-state index in [-0.39, 0.29) is 0 Å². The van der Waals surface area contributed by atoms with Gasteiger partial charge in [0.2, 0.25) is 0 Å². The van der Waals surface area contributed by atoms with E-state index in [4.69, 9.17) is 0 Å². The minimum absolute atomic E-state index is 0.608. The Labute approximate surface area is 93.7 Å². The third kappa shape index (κ3) is 1.85. The van der Waals surface area contributed by atoms with Crippen LogP contribution in [0.1, 0.15) is 39.5 Å². The van der Waals surface area contributed by atoms with E-state index in [1.165, 1.54) is 31.3 Å². The van der Waals surface area contributed by atoms with Crippen molar-refractivity contribution >= 4 is 0 Å². The summed E-state index contributed by atoms with van der Waals surface area (Å²) in [5.74, 6) is 1.59. The van der Waals surface area contributed by atoms with E-state index in [1.807, 2.05) is 0 Å². The Morgan fingerprint density at radius 1 is 1.47 bits per heavy atom. The van der Waals surface area contributed by atoms with Crippen molar-refractivity contribution in [1.29, 1.82) is 0 Å². The summed E-state index contributed by atoms with van der Waals surface area (Å²) in [6.45, 7) is 8.92. The standard InChI is InChI=1S/C13H24N2/c1-9(2)12-8-11-7-5-6-10(3)13(11)15(12)14-4/h9,11-14H,3,5-8H2,1-2,4H3/t11?,12-,13-/m0/s1. The van der Waals surface area contributed by atoms with Gasteiger partial charge in [0.25, 0.3) is 0 Å². The molecule has 86 valence electrons. The summed E-state index contributed by atoms with van der Waals surface area (Å²) in [4.78, 5) is 0. The first kappa shape index (κ1) is 11.2. The zero-order chi connectivity index (χ0) is 11.0. The van der Waals surface area contributed by atoms with Gasteiger partial charge in [0.05, 0.1) is 0 Å². The van der Waals surface area contributed by atoms with Crippen molar-refractivity contribution in [2.75, 3.05) is 7.05 Å². The van der Waals surface area contributed by atoms with Gasteiger partial charge in [-0.05, 0) is 44.6 Å². The van der Waals surface area contributed by atoms with Crippen LogP contribution in [-0.2, 0) is 0 Å². The molecule has 2 aliphatic rings. The Morgan fingerprint density at radius 2 is 2.20 bits per heavy atom. The largest absolute Gasteiger partial charge is 0.257 e. The van der Waals surface area contributed by atoms with Gasteiger partial charge in [-0.2, -0.15) is 0 Å². The summed E-state index contributed by atoms with van der Waals surface area (Å²) in [7, 11) is 2.06. The molecule has 1 unspecified atom stereocenters. The summed E-state index contributed by atoms with van der Waals surface area (Å²) in [6.07, 6.45) is 5.32. The Morgan fingerprint density at radius 3 is 2.80 bits per heavy atom. The topological polar surface area (TPSA) is 15.3 Å². The van der Waals surface area contributed by atoms with Gasteiger partial charge in [0.1, 0.15) is 0 Å². The smallest absolute Gasteiger partial charge is 0.0482 e. The monoisotopic (exact) mass is 208 g/mol. The molecule has 1 saturated carbocycles. The fourth-order valence-corrected chi connectivity index (χ4v) is 3.43. The van der Waals surface area contributed by atoms with Gasteiger partial charge in [-0.15, -0.1) is 0 Å². The SMILES string of the molecule is C=C1CCCC2C[C@@H](C(C)C)N(NC)[C@@H]12. The molecule has 1 saturated heterocycles. The second-order valence-corrected chi connectivity index (χ2v) is 5.43. The van der Waals surface area contributed by atoms with E-state index in [0.717, 1.165) is 11.8 Å². The molecule has 1 aliphatic heterocycles. The highest BCUT2D eigenvalue weighted by molar-refractivity contribution is 5.15. The normalized spacial score (nSPS) is 37.3. The Bertz CT molecular complexity index is 247. The lowest BCUT2D eigenvalue weighted by Gasteiger charge is -2.35. The lowest BCUT2D eigenvalue weighted by atomic mass is 9.81. The molecule has 15 heavy (non-hydrogen) atoms. The van der Waals surface area contributed by atoms with Gasteiger partial charge in [0, 0.05) is 12.1 Å². The molecule has 1 aliphatic carbocycles. The lowest BCUT2D eigenvalue weighted by molar-refractivity contribution is 0.108. The predicted octanol–water partition coefficient (Wildman–Crippen LogP) is 2.58. The maximum absolute atomic E-state index is 4.27. The van der Waals surface area contributed by atoms with Gasteiger partial charge in [-0.3, -0.25) is 5.43 Å². The number of hydrazine groups is 1. The summed E-state index contributed by atoms with van der Waals surface area (Å²) < 4.78 is 0. The maximum atomic E-state index is 4.27. The summed E-state index contributed by atoms with van der Waals surface area (Å²) in [6, 6.07) is 1.30. The van der Waals surface area contributed by atoms with Crippen LogP contribution in [0.25, 0.3) is 0 Å². The van der Waals surface area contributed by atoms with Crippen LogP contribution in [0.4, 0.5) is 0 Å². The van der Waals surface area contributed by atoms with Crippen molar-refractivity contribution in [3.05, 3.63) is 12.2 Å². The molecule has 2 heteroatoms. The second-order valence-electron chi connectivity index (χ2n) is 5.43. The average molecular weight is 208 g/mol. The van der Waals surface area contributed by atoms with Crippen LogP contribution >= 0.6 is 0 Å². The van der Waals surface area contributed by atoms with Crippen LogP contribution in [0.5, 0.6) is 0 Å². The number of nitrogens with one attached hydrogen (secondary N) is 1. The van der Waals surface area contributed by atoms with E-state index < -0.39 is 0 Å². The van der Waals surface area contributed by atoms with E-state index in [0.29, 0.717) is 12.1 Å². The number of rotatable bonds is 2. The average Bonchev–Trinajstić information content (AvgIpc) is 2.57. The Hall–Kier alpha value is -0.340. The quantitative estimate of drug-likeness (QED) is 0.702. The molecule has 2 nitrogen and oxygen atoms in total. The van der Waals surface area contributed by atoms with Gasteiger partial charge >= 0.3 is 0 Å². The molecular formula is C13H24N2. The van der Waals surface area contributed by atoms with E-state index in [2.05, 4.69) is 37.9 Å². The highest BCUT2D eigenvalue weighted by Gasteiger charge is 2.44. The first-order chi connectivity index (χ1) is 7.15. The molecule has 0 aromatic carbocycles. The molecule has 1 heterocycles. The molecular weight excluding hydrogens is 184 g/mol. The van der Waals surface area contributed by atoms with E-state index in [9.17, 15) is 0 Å². The van der Waals surface area contributed by atoms with Gasteiger partial charge in [-0.1, -0.05) is 26.0 Å². The predicted molar refractivity (Wildman–Crippen MR) is 64.4 cm³/mol. The first-order valence-electron chi connectivity index (χ1n) is 6.28. The summed E-state index contributed by atoms with van der Waals surface area (Å²) in [5, 5.41) is 2.47. The summed E-state index contributed by atoms with van der Waals surface area (Å²) in [5.41, 5.74) is 4.85. The third-order valence-corrected chi connectivity index (χ3v) is 4.17. The molecule has 0 spiro atoms. The molecule has 2 rings (SSSR count). The molecule has 0 bridgehead atoms. The zero-order valence-electron chi connectivity index (χ0n) is 10.3. The molecule has 3 atom stereocenters. The molecule has 0 aromatic heterocycles. The third-order valence-electron chi connectivity index (χ3n) is 4.17. The van der Waals surface area contributed by atoms with Crippen molar-refractivity contribution in [2.45, 2.75) is 51.6 Å². The van der Waals surface area contributed by atoms with Crippen LogP contribution in [0.3, 0.4) is 0 Å². The van der Waals surface area contributed by atoms with Crippen LogP contribution in [0, 0.1) is 11.8 Å². The van der Waals surface area contributed by atoms with Gasteiger partial charge < -0.3 is 0 Å². The molecule has 0 radical (unpaired) electrons. The lowest BCUT2D eigenvalue weighted by Crippen LogP contribution is -2.48. The van der Waals surface area contributed by atoms with Crippen molar-refractivity contribution in [3.8, 4) is 0 Å². The van der Waals surface area contributed by atoms with Crippen LogP contribution in [-0.4, -0.2) is 24.1 Å². The summed E-state index contributed by atoms with van der Waals surface area (Å²) >= 11 is 0. The Kier molecular flexibility index (Phi) is 3.17. The Balaban J connectivity index is 2.18. The number of nitrogens with zero attached hydrogens (tertiary/aromatic N) is 1. The van der Waals surface area contributed by atoms with Crippen LogP contribution in [0.2, 0.25) is 0 Å². The van der Waals surface area contributed by atoms with Crippen molar-refractivity contribution in [2.24, 2.45) is 11.8 Å². The zero-order valence-corrected chi connectivity index (χ0v) is 10.3. The minimum atomic E-state index is 0.608. The maximum Gasteiger partial charge on any atom is 0.0482 e. The first-order valence-corrected chi connectivity index (χ1v) is 6.28. The molecule has 0 amide bonds. The van der Waals surface area contributed by atoms with E-state index >= 15 is 0 Å². The molecule has 0 aromatic rings. The number of hydrogen-bond donors (Lipinski definition) is 1.